The second-order valence-corrected chi connectivity index (χ2v) is 8.86. The number of fused-ring (bicyclic) bond motifs is 1. The first kappa shape index (κ1) is 23.6. The summed E-state index contributed by atoms with van der Waals surface area (Å²) in [5, 5.41) is 3.05. The third-order valence-electron chi connectivity index (χ3n) is 6.00. The summed E-state index contributed by atoms with van der Waals surface area (Å²) in [5.41, 5.74) is 4.51. The number of nitrogens with one attached hydrogen (secondary N) is 1. The number of aromatic nitrogens is 2. The van der Waals surface area contributed by atoms with Gasteiger partial charge in [-0.25, -0.2) is 4.98 Å². The first-order valence-corrected chi connectivity index (χ1v) is 12.1. The largest absolute Gasteiger partial charge is 0.494 e. The summed E-state index contributed by atoms with van der Waals surface area (Å²) < 4.78 is 8.15. The molecule has 1 aromatic heterocycles. The van der Waals surface area contributed by atoms with Gasteiger partial charge >= 0.3 is 0 Å². The van der Waals surface area contributed by atoms with E-state index in [1.807, 2.05) is 60.7 Å². The van der Waals surface area contributed by atoms with Gasteiger partial charge in [-0.05, 0) is 54.2 Å². The number of carbonyl (C=O) groups is 1. The highest BCUT2D eigenvalue weighted by molar-refractivity contribution is 5.77. The fraction of sp³-hybridized carbons (Fsp3) is 0.310. The lowest BCUT2D eigenvalue weighted by molar-refractivity contribution is -0.121. The van der Waals surface area contributed by atoms with Gasteiger partial charge in [-0.3, -0.25) is 4.79 Å². The number of ether oxygens (including phenoxy) is 1. The Balaban J connectivity index is 1.32. The zero-order valence-corrected chi connectivity index (χ0v) is 20.0. The predicted octanol–water partition coefficient (Wildman–Crippen LogP) is 5.88. The van der Waals surface area contributed by atoms with Crippen molar-refractivity contribution in [2.24, 2.45) is 0 Å². The van der Waals surface area contributed by atoms with Crippen molar-refractivity contribution in [3.8, 4) is 5.75 Å². The molecule has 0 radical (unpaired) electrons. The molecule has 0 unspecified atom stereocenters. The van der Waals surface area contributed by atoms with Crippen molar-refractivity contribution in [1.29, 1.82) is 0 Å². The van der Waals surface area contributed by atoms with E-state index in [1.165, 1.54) is 11.1 Å². The highest BCUT2D eigenvalue weighted by Crippen LogP contribution is 2.20. The lowest BCUT2D eigenvalue weighted by Gasteiger charge is -2.12. The highest BCUT2D eigenvalue weighted by Gasteiger charge is 2.12. The first-order chi connectivity index (χ1) is 16.6. The maximum Gasteiger partial charge on any atom is 0.220 e. The van der Waals surface area contributed by atoms with Crippen molar-refractivity contribution in [2.45, 2.75) is 52.1 Å². The van der Waals surface area contributed by atoms with E-state index in [4.69, 9.17) is 9.72 Å². The Morgan fingerprint density at radius 3 is 2.47 bits per heavy atom. The molecule has 0 fully saturated rings. The maximum atomic E-state index is 12.4. The van der Waals surface area contributed by atoms with Crippen LogP contribution in [0.5, 0.6) is 5.75 Å². The van der Waals surface area contributed by atoms with Crippen LogP contribution in [0.4, 0.5) is 0 Å². The number of aryl methyl sites for hydroxylation is 2. The minimum absolute atomic E-state index is 0.0376. The average molecular weight is 456 g/mol. The summed E-state index contributed by atoms with van der Waals surface area (Å²) >= 11 is 0. The second kappa shape index (κ2) is 11.5. The van der Waals surface area contributed by atoms with Gasteiger partial charge in [0, 0.05) is 13.0 Å². The van der Waals surface area contributed by atoms with Gasteiger partial charge in [0.15, 0.2) is 0 Å². The molecule has 176 valence electrons. The number of benzene rings is 3. The van der Waals surface area contributed by atoms with E-state index in [1.54, 1.807) is 0 Å². The number of hydrogen-bond acceptors (Lipinski definition) is 3. The molecule has 0 bridgehead atoms. The predicted molar refractivity (Wildman–Crippen MR) is 137 cm³/mol. The van der Waals surface area contributed by atoms with Gasteiger partial charge in [-0.1, -0.05) is 68.4 Å². The van der Waals surface area contributed by atoms with Gasteiger partial charge < -0.3 is 14.6 Å². The van der Waals surface area contributed by atoms with Crippen LogP contribution in [0.15, 0.2) is 78.9 Å². The van der Waals surface area contributed by atoms with Crippen molar-refractivity contribution in [2.75, 3.05) is 6.61 Å². The number of hydrogen-bond donors (Lipinski definition) is 1. The summed E-state index contributed by atoms with van der Waals surface area (Å²) in [7, 11) is 0. The number of amides is 1. The van der Waals surface area contributed by atoms with Gasteiger partial charge in [0.1, 0.15) is 11.6 Å². The van der Waals surface area contributed by atoms with Gasteiger partial charge in [0.05, 0.1) is 24.2 Å². The lowest BCUT2D eigenvalue weighted by Crippen LogP contribution is -2.25. The van der Waals surface area contributed by atoms with Crippen LogP contribution >= 0.6 is 0 Å². The van der Waals surface area contributed by atoms with Crippen LogP contribution in [-0.2, 0) is 24.3 Å². The van der Waals surface area contributed by atoms with E-state index >= 15 is 0 Å². The molecule has 1 heterocycles. The molecule has 0 atom stereocenters. The first-order valence-electron chi connectivity index (χ1n) is 12.1. The molecular formula is C29H33N3O2. The molecule has 4 rings (SSSR count). The molecule has 0 saturated heterocycles. The van der Waals surface area contributed by atoms with Crippen molar-refractivity contribution in [3.63, 3.8) is 0 Å². The quantitative estimate of drug-likeness (QED) is 0.287. The molecule has 0 aliphatic heterocycles. The van der Waals surface area contributed by atoms with Crippen molar-refractivity contribution < 1.29 is 9.53 Å². The number of rotatable bonds is 11. The molecule has 34 heavy (non-hydrogen) atoms. The molecule has 1 N–H and O–H groups in total. The third-order valence-corrected chi connectivity index (χ3v) is 6.00. The van der Waals surface area contributed by atoms with Crippen LogP contribution in [-0.4, -0.2) is 22.1 Å². The fourth-order valence-corrected chi connectivity index (χ4v) is 4.04. The second-order valence-electron chi connectivity index (χ2n) is 8.86. The normalized spacial score (nSPS) is 11.1. The molecule has 4 aromatic rings. The molecule has 0 aliphatic rings. The summed E-state index contributed by atoms with van der Waals surface area (Å²) in [6, 6.07) is 26.5. The van der Waals surface area contributed by atoms with Crippen LogP contribution in [0.25, 0.3) is 11.0 Å². The fourth-order valence-electron chi connectivity index (χ4n) is 4.04. The topological polar surface area (TPSA) is 56.1 Å². The van der Waals surface area contributed by atoms with E-state index < -0.39 is 0 Å². The Hall–Kier alpha value is -3.60. The molecule has 5 nitrogen and oxygen atoms in total. The Morgan fingerprint density at radius 1 is 0.971 bits per heavy atom. The smallest absolute Gasteiger partial charge is 0.220 e. The Morgan fingerprint density at radius 2 is 1.71 bits per heavy atom. The summed E-state index contributed by atoms with van der Waals surface area (Å²) in [5.74, 6) is 2.32. The number of nitrogens with zero attached hydrogens (tertiary/aromatic N) is 2. The summed E-state index contributed by atoms with van der Waals surface area (Å²) in [6.45, 7) is 6.19. The molecule has 0 saturated carbocycles. The van der Waals surface area contributed by atoms with E-state index in [-0.39, 0.29) is 5.91 Å². The van der Waals surface area contributed by atoms with Crippen molar-refractivity contribution in [3.05, 3.63) is 95.8 Å². The summed E-state index contributed by atoms with van der Waals surface area (Å²) in [6.07, 6.45) is 2.05. The zero-order chi connectivity index (χ0) is 23.8. The van der Waals surface area contributed by atoms with Crippen LogP contribution in [0, 0.1) is 0 Å². The average Bonchev–Trinajstić information content (AvgIpc) is 3.22. The van der Waals surface area contributed by atoms with Gasteiger partial charge in [-0.15, -0.1) is 0 Å². The molecule has 5 heteroatoms. The third kappa shape index (κ3) is 6.25. The van der Waals surface area contributed by atoms with E-state index in [0.29, 0.717) is 25.5 Å². The molecule has 0 spiro atoms. The molecule has 0 aliphatic carbocycles. The molecular weight excluding hydrogens is 422 g/mol. The van der Waals surface area contributed by atoms with Crippen LogP contribution < -0.4 is 10.1 Å². The number of carbonyl (C=O) groups excluding carboxylic acids is 1. The Labute approximate surface area is 201 Å². The maximum absolute atomic E-state index is 12.4. The van der Waals surface area contributed by atoms with Gasteiger partial charge in [0.2, 0.25) is 5.91 Å². The Kier molecular flexibility index (Phi) is 7.97. The van der Waals surface area contributed by atoms with Crippen LogP contribution in [0.1, 0.15) is 49.6 Å². The van der Waals surface area contributed by atoms with Gasteiger partial charge in [0.25, 0.3) is 0 Å². The molecule has 3 aromatic carbocycles. The number of imidazole rings is 1. The minimum Gasteiger partial charge on any atom is -0.494 e. The highest BCUT2D eigenvalue weighted by atomic mass is 16.5. The minimum atomic E-state index is 0.0376. The van der Waals surface area contributed by atoms with Crippen molar-refractivity contribution in [1.82, 2.24) is 14.9 Å². The lowest BCUT2D eigenvalue weighted by atomic mass is 10.0. The number of para-hydroxylation sites is 2. The van der Waals surface area contributed by atoms with E-state index in [9.17, 15) is 4.79 Å². The summed E-state index contributed by atoms with van der Waals surface area (Å²) in [4.78, 5) is 17.2. The van der Waals surface area contributed by atoms with Crippen LogP contribution in [0.2, 0.25) is 0 Å². The van der Waals surface area contributed by atoms with E-state index in [0.717, 1.165) is 42.0 Å². The van der Waals surface area contributed by atoms with Crippen molar-refractivity contribution >= 4 is 16.9 Å². The zero-order valence-electron chi connectivity index (χ0n) is 20.0. The SMILES string of the molecule is CC(C)c1ccc(OCCCn2c(CNC(=O)CCc3ccccc3)nc3ccccc32)cc1. The van der Waals surface area contributed by atoms with Crippen LogP contribution in [0.3, 0.4) is 0 Å². The Bertz CT molecular complexity index is 1200. The van der Waals surface area contributed by atoms with E-state index in [2.05, 4.69) is 41.9 Å². The molecule has 1 amide bonds. The monoisotopic (exact) mass is 455 g/mol. The standard InChI is InChI=1S/C29H33N3O2/c1-22(2)24-14-16-25(17-15-24)34-20-8-19-32-27-12-7-6-11-26(27)31-28(32)21-30-29(33)18-13-23-9-4-3-5-10-23/h3-7,9-12,14-17,22H,8,13,18-21H2,1-2H3,(H,30,33). The van der Waals surface area contributed by atoms with Gasteiger partial charge in [-0.2, -0.15) is 0 Å².